The molecule has 0 bridgehead atoms. The van der Waals surface area contributed by atoms with Gasteiger partial charge in [-0.3, -0.25) is 0 Å². The van der Waals surface area contributed by atoms with Gasteiger partial charge in [-0.1, -0.05) is 36.8 Å². The molecule has 0 amide bonds. The number of fused-ring (bicyclic) bond motifs is 1. The van der Waals surface area contributed by atoms with Gasteiger partial charge in [-0.25, -0.2) is 4.98 Å². The van der Waals surface area contributed by atoms with E-state index in [0.29, 0.717) is 6.04 Å². The molecule has 2 aromatic rings. The third kappa shape index (κ3) is 3.53. The Morgan fingerprint density at radius 1 is 1.29 bits per heavy atom. The Morgan fingerprint density at radius 3 is 2.86 bits per heavy atom. The summed E-state index contributed by atoms with van der Waals surface area (Å²) in [6.45, 7) is 5.45. The van der Waals surface area contributed by atoms with E-state index in [1.54, 1.807) is 0 Å². The molecule has 1 unspecified atom stereocenters. The average molecular weight is 300 g/mol. The highest BCUT2D eigenvalue weighted by atomic mass is 32.1. The van der Waals surface area contributed by atoms with E-state index < -0.39 is 0 Å². The van der Waals surface area contributed by atoms with Crippen LogP contribution in [-0.2, 0) is 12.8 Å². The van der Waals surface area contributed by atoms with Crippen LogP contribution in [0.25, 0.3) is 0 Å². The average Bonchev–Trinajstić information content (AvgIpc) is 2.90. The molecule has 2 nitrogen and oxygen atoms in total. The molecule has 0 spiro atoms. The molecule has 0 saturated carbocycles. The van der Waals surface area contributed by atoms with E-state index in [2.05, 4.69) is 43.4 Å². The molecule has 0 radical (unpaired) electrons. The summed E-state index contributed by atoms with van der Waals surface area (Å²) in [5.41, 5.74) is 4.02. The molecule has 3 rings (SSSR count). The van der Waals surface area contributed by atoms with Crippen LogP contribution >= 0.6 is 11.3 Å². The van der Waals surface area contributed by atoms with Crippen LogP contribution in [0, 0.1) is 6.92 Å². The van der Waals surface area contributed by atoms with E-state index in [0.717, 1.165) is 13.0 Å². The lowest BCUT2D eigenvalue weighted by atomic mass is 9.97. The number of nitrogens with zero attached hydrogens (tertiary/aromatic N) is 1. The van der Waals surface area contributed by atoms with Crippen molar-refractivity contribution in [3.8, 4) is 0 Å². The fourth-order valence-corrected chi connectivity index (χ4v) is 4.15. The van der Waals surface area contributed by atoms with Gasteiger partial charge in [0, 0.05) is 11.3 Å². The highest BCUT2D eigenvalue weighted by Crippen LogP contribution is 2.34. The maximum absolute atomic E-state index is 4.96. The minimum Gasteiger partial charge on any atom is -0.309 e. The van der Waals surface area contributed by atoms with Crippen LogP contribution in [0.4, 0.5) is 0 Å². The zero-order chi connectivity index (χ0) is 14.7. The molecular weight excluding hydrogens is 276 g/mol. The summed E-state index contributed by atoms with van der Waals surface area (Å²) < 4.78 is 0. The Kier molecular flexibility index (Phi) is 4.71. The SMILES string of the molecule is CCCNC1CCCc2sc(Cc3ccc(C)cc3)nc21. The molecule has 112 valence electrons. The molecular formula is C18H24N2S. The number of aryl methyl sites for hydroxylation is 2. The lowest BCUT2D eigenvalue weighted by Gasteiger charge is -2.22. The summed E-state index contributed by atoms with van der Waals surface area (Å²) in [6.07, 6.45) is 5.90. The molecule has 21 heavy (non-hydrogen) atoms. The van der Waals surface area contributed by atoms with Crippen molar-refractivity contribution in [2.45, 2.75) is 52.0 Å². The van der Waals surface area contributed by atoms with E-state index in [9.17, 15) is 0 Å². The van der Waals surface area contributed by atoms with Gasteiger partial charge in [0.05, 0.1) is 16.7 Å². The fourth-order valence-electron chi connectivity index (χ4n) is 2.94. The van der Waals surface area contributed by atoms with Gasteiger partial charge in [-0.15, -0.1) is 11.3 Å². The molecule has 1 N–H and O–H groups in total. The minimum absolute atomic E-state index is 0.483. The summed E-state index contributed by atoms with van der Waals surface area (Å²) in [5, 5.41) is 4.93. The van der Waals surface area contributed by atoms with E-state index in [-0.39, 0.29) is 0 Å². The first-order chi connectivity index (χ1) is 10.3. The molecule has 1 aliphatic carbocycles. The summed E-state index contributed by atoms with van der Waals surface area (Å²) in [6, 6.07) is 9.31. The largest absolute Gasteiger partial charge is 0.309 e. The quantitative estimate of drug-likeness (QED) is 0.884. The predicted octanol–water partition coefficient (Wildman–Crippen LogP) is 4.42. The van der Waals surface area contributed by atoms with Crippen molar-refractivity contribution in [1.82, 2.24) is 10.3 Å². The van der Waals surface area contributed by atoms with Gasteiger partial charge >= 0.3 is 0 Å². The molecule has 0 fully saturated rings. The lowest BCUT2D eigenvalue weighted by Crippen LogP contribution is -2.25. The maximum Gasteiger partial charge on any atom is 0.0975 e. The van der Waals surface area contributed by atoms with E-state index in [1.165, 1.54) is 52.4 Å². The Bertz CT molecular complexity index is 586. The minimum atomic E-state index is 0.483. The number of nitrogens with one attached hydrogen (secondary N) is 1. The van der Waals surface area contributed by atoms with Crippen molar-refractivity contribution in [1.29, 1.82) is 0 Å². The summed E-state index contributed by atoms with van der Waals surface area (Å²) in [4.78, 5) is 6.47. The highest BCUT2D eigenvalue weighted by molar-refractivity contribution is 7.11. The smallest absolute Gasteiger partial charge is 0.0975 e. The van der Waals surface area contributed by atoms with Crippen LogP contribution in [0.1, 0.15) is 58.9 Å². The predicted molar refractivity (Wildman–Crippen MR) is 90.1 cm³/mol. The summed E-state index contributed by atoms with van der Waals surface area (Å²) >= 11 is 1.92. The van der Waals surface area contributed by atoms with Gasteiger partial charge in [0.2, 0.25) is 0 Å². The van der Waals surface area contributed by atoms with Crippen molar-refractivity contribution in [2.75, 3.05) is 6.54 Å². The standard InChI is InChI=1S/C18H24N2S/c1-3-11-19-15-5-4-6-16-18(15)20-17(21-16)12-14-9-7-13(2)8-10-14/h7-10,15,19H,3-6,11-12H2,1-2H3. The van der Waals surface area contributed by atoms with Crippen molar-refractivity contribution >= 4 is 11.3 Å². The molecule has 1 aromatic heterocycles. The lowest BCUT2D eigenvalue weighted by molar-refractivity contribution is 0.454. The second-order valence-corrected chi connectivity index (χ2v) is 7.15. The number of benzene rings is 1. The third-order valence-electron chi connectivity index (χ3n) is 4.12. The zero-order valence-electron chi connectivity index (χ0n) is 13.0. The number of hydrogen-bond acceptors (Lipinski definition) is 3. The Balaban J connectivity index is 1.76. The van der Waals surface area contributed by atoms with Crippen LogP contribution in [0.3, 0.4) is 0 Å². The number of aromatic nitrogens is 1. The van der Waals surface area contributed by atoms with Crippen molar-refractivity contribution in [3.05, 3.63) is 51.0 Å². The summed E-state index contributed by atoms with van der Waals surface area (Å²) in [7, 11) is 0. The first kappa shape index (κ1) is 14.7. The van der Waals surface area contributed by atoms with Gasteiger partial charge in [-0.2, -0.15) is 0 Å². The number of hydrogen-bond donors (Lipinski definition) is 1. The van der Waals surface area contributed by atoms with Crippen LogP contribution in [0.5, 0.6) is 0 Å². The van der Waals surface area contributed by atoms with Crippen molar-refractivity contribution in [2.24, 2.45) is 0 Å². The van der Waals surface area contributed by atoms with Crippen LogP contribution in [0.2, 0.25) is 0 Å². The van der Waals surface area contributed by atoms with Gasteiger partial charge < -0.3 is 5.32 Å². The second-order valence-electron chi connectivity index (χ2n) is 5.98. The molecule has 0 saturated heterocycles. The maximum atomic E-state index is 4.96. The number of thiazole rings is 1. The van der Waals surface area contributed by atoms with E-state index in [1.807, 2.05) is 11.3 Å². The third-order valence-corrected chi connectivity index (χ3v) is 5.25. The first-order valence-corrected chi connectivity index (χ1v) is 8.85. The van der Waals surface area contributed by atoms with E-state index >= 15 is 0 Å². The number of rotatable bonds is 5. The fraction of sp³-hybridized carbons (Fsp3) is 0.500. The van der Waals surface area contributed by atoms with Crippen LogP contribution in [-0.4, -0.2) is 11.5 Å². The Labute approximate surface area is 131 Å². The van der Waals surface area contributed by atoms with Crippen molar-refractivity contribution in [3.63, 3.8) is 0 Å². The Hall–Kier alpha value is -1.19. The topological polar surface area (TPSA) is 24.9 Å². The van der Waals surface area contributed by atoms with Crippen LogP contribution in [0.15, 0.2) is 24.3 Å². The van der Waals surface area contributed by atoms with Gasteiger partial charge in [0.25, 0.3) is 0 Å². The molecule has 1 heterocycles. The van der Waals surface area contributed by atoms with Gasteiger partial charge in [-0.05, 0) is 44.7 Å². The Morgan fingerprint density at radius 2 is 2.10 bits per heavy atom. The normalized spacial score (nSPS) is 17.7. The van der Waals surface area contributed by atoms with Crippen molar-refractivity contribution < 1.29 is 0 Å². The molecule has 1 aliphatic rings. The molecule has 0 aliphatic heterocycles. The molecule has 1 aromatic carbocycles. The zero-order valence-corrected chi connectivity index (χ0v) is 13.8. The summed E-state index contributed by atoms with van der Waals surface area (Å²) in [5.74, 6) is 0. The van der Waals surface area contributed by atoms with Gasteiger partial charge in [0.1, 0.15) is 0 Å². The second kappa shape index (κ2) is 6.71. The molecule has 1 atom stereocenters. The van der Waals surface area contributed by atoms with E-state index in [4.69, 9.17) is 4.98 Å². The first-order valence-electron chi connectivity index (χ1n) is 8.03. The monoisotopic (exact) mass is 300 g/mol. The van der Waals surface area contributed by atoms with Crippen LogP contribution < -0.4 is 5.32 Å². The highest BCUT2D eigenvalue weighted by Gasteiger charge is 2.24. The van der Waals surface area contributed by atoms with Gasteiger partial charge in [0.15, 0.2) is 0 Å². The molecule has 3 heteroatoms.